The monoisotopic (exact) mass is 1490 g/mol. The predicted octanol–water partition coefficient (Wildman–Crippen LogP) is 6.97. The van der Waals surface area contributed by atoms with Gasteiger partial charge in [-0.3, -0.25) is 33.5 Å². The molecule has 518 valence electrons. The van der Waals surface area contributed by atoms with Gasteiger partial charge >= 0.3 is 176 Å². The molecule has 0 radical (unpaired) electrons. The molecule has 2 heterocycles. The van der Waals surface area contributed by atoms with Crippen LogP contribution < -0.4 is 139 Å². The summed E-state index contributed by atoms with van der Waals surface area (Å²) in [6.07, 6.45) is -24.9. The summed E-state index contributed by atoms with van der Waals surface area (Å²) in [4.78, 5) is 64.9. The van der Waals surface area contributed by atoms with Crippen molar-refractivity contribution in [2.75, 3.05) is 14.2 Å². The molecule has 0 amide bonds. The number of aromatic nitrogens is 4. The summed E-state index contributed by atoms with van der Waals surface area (Å²) in [6.45, 7) is 12.0. The molecule has 39 heteroatoms. The van der Waals surface area contributed by atoms with Gasteiger partial charge in [0.25, 0.3) is 12.5 Å². The summed E-state index contributed by atoms with van der Waals surface area (Å²) >= 11 is 0. The van der Waals surface area contributed by atoms with E-state index in [1.54, 1.807) is 44.6 Å². The van der Waals surface area contributed by atoms with Gasteiger partial charge in [0.1, 0.15) is 23.0 Å². The van der Waals surface area contributed by atoms with E-state index in [2.05, 4.69) is 45.1 Å². The molecule has 8 aromatic rings. The van der Waals surface area contributed by atoms with Crippen LogP contribution in [0.3, 0.4) is 0 Å². The van der Waals surface area contributed by atoms with Gasteiger partial charge < -0.3 is 28.0 Å². The Morgan fingerprint density at radius 3 is 1.16 bits per heavy atom. The fourth-order valence-electron chi connectivity index (χ4n) is 8.64. The van der Waals surface area contributed by atoms with Crippen molar-refractivity contribution in [2.45, 2.75) is 87.1 Å². The quantitative estimate of drug-likeness (QED) is 0.0141. The molecular formula is C58H51F16K2N4O15S2+. The molecule has 0 fully saturated rings. The normalized spacial score (nSPS) is 12.4. The van der Waals surface area contributed by atoms with Crippen molar-refractivity contribution >= 4 is 48.4 Å². The second-order valence-corrected chi connectivity index (χ2v) is 24.5. The minimum atomic E-state index is -7.50. The maximum Gasteiger partial charge on any atom is 1.00 e. The Balaban J connectivity index is 0.000000523. The molecule has 0 saturated carbocycles. The minimum absolute atomic E-state index is 0. The first kappa shape index (κ1) is 85.1. The van der Waals surface area contributed by atoms with Crippen LogP contribution in [0.4, 0.5) is 69.7 Å². The number of benzene rings is 6. The van der Waals surface area contributed by atoms with Crippen LogP contribution >= 0.6 is 0 Å². The molecule has 0 bridgehead atoms. The van der Waals surface area contributed by atoms with Crippen LogP contribution in [-0.4, -0.2) is 102 Å². The Bertz CT molecular complexity index is 4600. The molecule has 2 aromatic heterocycles. The molecule has 6 aromatic carbocycles. The number of hydrogen-bond acceptors (Lipinski definition) is 15. The van der Waals surface area contributed by atoms with Crippen molar-refractivity contribution in [3.63, 3.8) is 0 Å². The second-order valence-electron chi connectivity index (χ2n) is 21.4. The number of carbonyl (C=O) groups excluding carboxylic acids is 1. The van der Waals surface area contributed by atoms with Crippen LogP contribution in [0.15, 0.2) is 141 Å². The minimum Gasteiger partial charge on any atom is -0.508 e. The molecule has 19 nitrogen and oxygen atoms in total. The Hall–Kier alpha value is -6.12. The molecular weight excluding hydrogens is 1440 g/mol. The molecule has 97 heavy (non-hydrogen) atoms. The number of phenolic OH excluding ortho intramolecular Hbond substituents is 1. The number of methoxy groups -OCH3 is 2. The molecule has 8 rings (SSSR count). The summed E-state index contributed by atoms with van der Waals surface area (Å²) in [5, 5.41) is 1.62. The first-order chi connectivity index (χ1) is 43.9. The van der Waals surface area contributed by atoms with E-state index < -0.39 is 88.7 Å². The van der Waals surface area contributed by atoms with Gasteiger partial charge in [-0.2, -0.15) is 76.7 Å². The number of fused-ring (bicyclic) bond motifs is 2. The number of rotatable bonds is 12. The number of aromatic amines is 2. The number of nitrogens with zero attached hydrogens (tertiary/aromatic N) is 2. The van der Waals surface area contributed by atoms with Gasteiger partial charge in [0.05, 0.1) is 25.6 Å². The van der Waals surface area contributed by atoms with E-state index in [1.807, 2.05) is 57.2 Å². The number of nitrogens with one attached hydrogen (secondary N) is 2. The Morgan fingerprint density at radius 1 is 0.515 bits per heavy atom. The first-order valence-electron chi connectivity index (χ1n) is 26.2. The maximum absolute atomic E-state index is 14.2. The van der Waals surface area contributed by atoms with Crippen molar-refractivity contribution in [2.24, 2.45) is 0 Å². The molecule has 0 unspecified atom stereocenters. The van der Waals surface area contributed by atoms with Gasteiger partial charge in [0, 0.05) is 46.8 Å². The Kier molecular flexibility index (Phi) is 28.9. The zero-order chi connectivity index (χ0) is 73.5. The number of ether oxygens (including phenoxy) is 2. The fourth-order valence-corrected chi connectivity index (χ4v) is 10.2. The van der Waals surface area contributed by atoms with Crippen molar-refractivity contribution in [3.05, 3.63) is 182 Å². The predicted molar refractivity (Wildman–Crippen MR) is 311 cm³/mol. The van der Waals surface area contributed by atoms with Crippen LogP contribution in [0.5, 0.6) is 23.0 Å². The smallest absolute Gasteiger partial charge is 0.508 e. The van der Waals surface area contributed by atoms with Gasteiger partial charge in [-0.15, -0.1) is 3.89 Å². The third kappa shape index (κ3) is 19.7. The second kappa shape index (κ2) is 32.9. The van der Waals surface area contributed by atoms with Crippen LogP contribution in [0.1, 0.15) is 52.7 Å². The molecule has 4 N–H and O–H groups in total. The topological polar surface area (TPSA) is 272 Å². The number of halogens is 16. The van der Waals surface area contributed by atoms with Crippen molar-refractivity contribution in [1.29, 1.82) is 1.43 Å². The van der Waals surface area contributed by atoms with E-state index in [-0.39, 0.29) is 126 Å². The van der Waals surface area contributed by atoms with Crippen LogP contribution in [0, 0.1) is 7.18 Å². The van der Waals surface area contributed by atoms with Crippen LogP contribution in [0.2, 0.25) is 0 Å². The largest absolute Gasteiger partial charge is 1.00 e. The zero-order valence-corrected chi connectivity index (χ0v) is 59.6. The molecule has 0 saturated heterocycles. The zero-order valence-electron chi connectivity index (χ0n) is 52.8. The molecule has 0 aliphatic carbocycles. The average Bonchev–Trinajstić information content (AvgIpc) is 0.736. The fraction of sp³-hybridized carbons (Fsp3) is 0.276. The average molecular weight is 1490 g/mol. The summed E-state index contributed by atoms with van der Waals surface area (Å²) in [7, 11) is -9.64. The van der Waals surface area contributed by atoms with Crippen molar-refractivity contribution < 1.29 is 223 Å². The molecule has 0 spiro atoms. The number of H-pyrrole nitrogens is 2. The molecule has 0 atom stereocenters. The summed E-state index contributed by atoms with van der Waals surface area (Å²) in [6, 6.07) is 27.9. The molecule has 0 aliphatic heterocycles. The number of phenols is 1. The number of alkyl halides is 14. The van der Waals surface area contributed by atoms with Gasteiger partial charge in [-0.25, -0.2) is 23.6 Å². The SMILES string of the molecule is COc1c(-c2ccc3cc(O)ccc3c2)cc(-n2ccc(=O)[nH]c2=O)cc1C(C)(C)C.COc1c(-c2ccc3cc(OS(=O)(=O)C(F)(C(F)(F)F)C(F)(F)F)ccc3c2)cc(-n2ccc(=O)[nH]c2=O)cc1C(C)(C)C.O=S(=O)(F)C(F)(C(F)(F)F)C(F)(F)F.[2H]OOC=O.[CH2-]F.[K+].[K+]. The van der Waals surface area contributed by atoms with Gasteiger partial charge in [-0.1, -0.05) is 77.9 Å². The Morgan fingerprint density at radius 2 is 0.866 bits per heavy atom. The third-order valence-corrected chi connectivity index (χ3v) is 15.7. The Labute approximate surface area is 624 Å². The van der Waals surface area contributed by atoms with Crippen LogP contribution in [-0.2, 0) is 40.9 Å². The standard InChI is InChI=1S/C28H23F7N2O6S.C25H24N2O4.C3F8O2S.CH2F.CH2O3.2K/c1-25(2,3)21-14-18(37-10-9-22(38)36-24(37)39)13-20(23(21)42-4)17-6-5-16-12-19(8-7-15(16)11-17)43-44(40,41)26(29,27(30,31)32)28(33,34)35;1-25(2,3)21-14-18(27-10-9-22(29)26-24(27)30)13-20(23(21)31-4)17-6-5-16-12-19(28)8-7-15(16)11-17;4-1(2(5,6)7,3(8,9)10)14(11,12)13;1-2;2-1-4-3;;/h5-14H,1-4H3,(H,36,38,39);5-14,28H,1-4H3,(H,26,29,30);;1H2;1,3H;;/q;;;-1;;2*+1/i/hD. The van der Waals surface area contributed by atoms with E-state index in [0.717, 1.165) is 57.5 Å². The van der Waals surface area contributed by atoms with Crippen molar-refractivity contribution in [1.82, 2.24) is 19.1 Å². The summed E-state index contributed by atoms with van der Waals surface area (Å²) < 4.78 is 260. The maximum atomic E-state index is 14.2. The van der Waals surface area contributed by atoms with E-state index in [0.29, 0.717) is 39.2 Å². The van der Waals surface area contributed by atoms with Crippen LogP contribution in [0.25, 0.3) is 56.6 Å². The van der Waals surface area contributed by atoms with E-state index >= 15 is 0 Å². The summed E-state index contributed by atoms with van der Waals surface area (Å²) in [5.74, 6) is 0.370. The number of carbonyl (C=O) groups is 1. The van der Waals surface area contributed by atoms with E-state index in [1.165, 1.54) is 46.8 Å². The first-order valence-corrected chi connectivity index (χ1v) is 28.6. The molecule has 0 aliphatic rings. The number of hydrogen-bond donors (Lipinski definition) is 4. The van der Waals surface area contributed by atoms with Gasteiger partial charge in [-0.05, 0) is 104 Å². The van der Waals surface area contributed by atoms with E-state index in [4.69, 9.17) is 15.7 Å². The van der Waals surface area contributed by atoms with E-state index in [9.17, 15) is 111 Å². The third-order valence-electron chi connectivity index (χ3n) is 13.0. The van der Waals surface area contributed by atoms with Gasteiger partial charge in [0.2, 0.25) is 0 Å². The van der Waals surface area contributed by atoms with Crippen molar-refractivity contribution in [3.8, 4) is 56.6 Å². The number of aromatic hydroxyl groups is 1. The summed E-state index contributed by atoms with van der Waals surface area (Å²) in [5.41, 5.74) is 2.28. The van der Waals surface area contributed by atoms with Gasteiger partial charge in [0.15, 0.2) is 0 Å².